The van der Waals surface area contributed by atoms with E-state index in [2.05, 4.69) is 36.5 Å². The van der Waals surface area contributed by atoms with Crippen molar-refractivity contribution in [1.82, 2.24) is 5.32 Å². The van der Waals surface area contributed by atoms with E-state index in [4.69, 9.17) is 5.73 Å². The van der Waals surface area contributed by atoms with E-state index < -0.39 is 0 Å². The Labute approximate surface area is 91.9 Å². The fraction of sp³-hybridized carbons (Fsp3) is 0.538. The van der Waals surface area contributed by atoms with Gasteiger partial charge in [-0.1, -0.05) is 30.3 Å². The van der Waals surface area contributed by atoms with Gasteiger partial charge < -0.3 is 11.1 Å². The first kappa shape index (κ1) is 10.7. The van der Waals surface area contributed by atoms with Crippen molar-refractivity contribution in [3.05, 3.63) is 35.9 Å². The maximum atomic E-state index is 6.22. The van der Waals surface area contributed by atoms with Crippen molar-refractivity contribution in [2.75, 3.05) is 6.54 Å². The Morgan fingerprint density at radius 3 is 2.60 bits per heavy atom. The van der Waals surface area contributed by atoms with Crippen LogP contribution in [-0.4, -0.2) is 12.1 Å². The highest BCUT2D eigenvalue weighted by atomic mass is 14.9. The van der Waals surface area contributed by atoms with Gasteiger partial charge in [-0.2, -0.15) is 0 Å². The Kier molecular flexibility index (Phi) is 3.08. The molecule has 0 aliphatic heterocycles. The van der Waals surface area contributed by atoms with Crippen LogP contribution in [0.25, 0.3) is 0 Å². The topological polar surface area (TPSA) is 38.0 Å². The highest BCUT2D eigenvalue weighted by Crippen LogP contribution is 2.37. The molecule has 0 spiro atoms. The zero-order valence-electron chi connectivity index (χ0n) is 9.37. The maximum absolute atomic E-state index is 6.22. The summed E-state index contributed by atoms with van der Waals surface area (Å²) in [4.78, 5) is 0. The first-order valence-electron chi connectivity index (χ1n) is 5.72. The highest BCUT2D eigenvalue weighted by molar-refractivity contribution is 5.14. The molecule has 0 radical (unpaired) electrons. The summed E-state index contributed by atoms with van der Waals surface area (Å²) in [5.41, 5.74) is 7.53. The van der Waals surface area contributed by atoms with Crippen LogP contribution in [0.1, 0.15) is 25.3 Å². The van der Waals surface area contributed by atoms with E-state index in [9.17, 15) is 0 Å². The summed E-state index contributed by atoms with van der Waals surface area (Å²) in [5.74, 6) is 0.737. The van der Waals surface area contributed by atoms with Gasteiger partial charge >= 0.3 is 0 Å². The van der Waals surface area contributed by atoms with Crippen LogP contribution in [0, 0.1) is 5.92 Å². The van der Waals surface area contributed by atoms with Gasteiger partial charge in [-0.3, -0.25) is 0 Å². The second-order valence-corrected chi connectivity index (χ2v) is 4.87. The smallest absolute Gasteiger partial charge is 0.0280 e. The molecule has 1 fully saturated rings. The monoisotopic (exact) mass is 204 g/mol. The molecule has 0 aromatic heterocycles. The number of hydrogen-bond acceptors (Lipinski definition) is 2. The average Bonchev–Trinajstić information content (AvgIpc) is 3.02. The van der Waals surface area contributed by atoms with E-state index in [1.54, 1.807) is 0 Å². The summed E-state index contributed by atoms with van der Waals surface area (Å²) in [5, 5.41) is 3.44. The van der Waals surface area contributed by atoms with Crippen LogP contribution in [0.4, 0.5) is 0 Å². The molecule has 82 valence electrons. The van der Waals surface area contributed by atoms with E-state index in [0.29, 0.717) is 0 Å². The molecule has 1 aromatic carbocycles. The van der Waals surface area contributed by atoms with Crippen molar-refractivity contribution >= 4 is 0 Å². The van der Waals surface area contributed by atoms with E-state index in [-0.39, 0.29) is 5.54 Å². The number of benzene rings is 1. The van der Waals surface area contributed by atoms with E-state index in [0.717, 1.165) is 19.0 Å². The minimum absolute atomic E-state index is 0.0191. The SMILES string of the molecule is CC(N)(CNCc1ccccc1)C1CC1. The van der Waals surface area contributed by atoms with Gasteiger partial charge in [0.15, 0.2) is 0 Å². The summed E-state index contributed by atoms with van der Waals surface area (Å²) >= 11 is 0. The van der Waals surface area contributed by atoms with Crippen molar-refractivity contribution in [1.29, 1.82) is 0 Å². The Bertz CT molecular complexity index is 302. The summed E-state index contributed by atoms with van der Waals surface area (Å²) in [6, 6.07) is 10.5. The molecule has 1 aliphatic carbocycles. The molecule has 0 heterocycles. The number of rotatable bonds is 5. The molecule has 1 aliphatic rings. The average molecular weight is 204 g/mol. The molecular weight excluding hydrogens is 184 g/mol. The fourth-order valence-electron chi connectivity index (χ4n) is 1.96. The van der Waals surface area contributed by atoms with Crippen LogP contribution in [-0.2, 0) is 6.54 Å². The second-order valence-electron chi connectivity index (χ2n) is 4.87. The fourth-order valence-corrected chi connectivity index (χ4v) is 1.96. The van der Waals surface area contributed by atoms with E-state index in [1.807, 2.05) is 6.07 Å². The first-order chi connectivity index (χ1) is 7.18. The zero-order chi connectivity index (χ0) is 10.7. The minimum atomic E-state index is -0.0191. The van der Waals surface area contributed by atoms with E-state index >= 15 is 0 Å². The Hall–Kier alpha value is -0.860. The van der Waals surface area contributed by atoms with Gasteiger partial charge in [0.1, 0.15) is 0 Å². The van der Waals surface area contributed by atoms with Gasteiger partial charge in [0.25, 0.3) is 0 Å². The molecule has 1 aromatic rings. The molecule has 0 saturated heterocycles. The van der Waals surface area contributed by atoms with Gasteiger partial charge in [-0.15, -0.1) is 0 Å². The van der Waals surface area contributed by atoms with Crippen LogP contribution in [0.5, 0.6) is 0 Å². The lowest BCUT2D eigenvalue weighted by Crippen LogP contribution is -2.47. The predicted molar refractivity (Wildman–Crippen MR) is 63.5 cm³/mol. The maximum Gasteiger partial charge on any atom is 0.0280 e. The third-order valence-electron chi connectivity index (χ3n) is 3.19. The standard InChI is InChI=1S/C13H20N2/c1-13(14,12-7-8-12)10-15-9-11-5-3-2-4-6-11/h2-6,12,15H,7-10,14H2,1H3. The normalized spacial score (nSPS) is 19.9. The quantitative estimate of drug-likeness (QED) is 0.769. The third-order valence-corrected chi connectivity index (χ3v) is 3.19. The van der Waals surface area contributed by atoms with E-state index in [1.165, 1.54) is 18.4 Å². The molecule has 3 N–H and O–H groups in total. The molecule has 2 heteroatoms. The lowest BCUT2D eigenvalue weighted by Gasteiger charge is -2.24. The van der Waals surface area contributed by atoms with Crippen molar-refractivity contribution in [2.45, 2.75) is 31.8 Å². The summed E-state index contributed by atoms with van der Waals surface area (Å²) in [6.45, 7) is 3.98. The molecule has 0 amide bonds. The lowest BCUT2D eigenvalue weighted by atomic mass is 9.97. The van der Waals surface area contributed by atoms with Crippen LogP contribution in [0.2, 0.25) is 0 Å². The minimum Gasteiger partial charge on any atom is -0.324 e. The first-order valence-corrected chi connectivity index (χ1v) is 5.72. The number of nitrogens with one attached hydrogen (secondary N) is 1. The van der Waals surface area contributed by atoms with Crippen LogP contribution >= 0.6 is 0 Å². The lowest BCUT2D eigenvalue weighted by molar-refractivity contribution is 0.380. The predicted octanol–water partition coefficient (Wildman–Crippen LogP) is 1.90. The van der Waals surface area contributed by atoms with Crippen molar-refractivity contribution < 1.29 is 0 Å². The van der Waals surface area contributed by atoms with Gasteiger partial charge in [0, 0.05) is 18.6 Å². The van der Waals surface area contributed by atoms with Gasteiger partial charge in [0.05, 0.1) is 0 Å². The van der Waals surface area contributed by atoms with Crippen LogP contribution in [0.3, 0.4) is 0 Å². The zero-order valence-corrected chi connectivity index (χ0v) is 9.37. The largest absolute Gasteiger partial charge is 0.324 e. The van der Waals surface area contributed by atoms with Crippen LogP contribution in [0.15, 0.2) is 30.3 Å². The summed E-state index contributed by atoms with van der Waals surface area (Å²) in [7, 11) is 0. The van der Waals surface area contributed by atoms with Crippen molar-refractivity contribution in [3.63, 3.8) is 0 Å². The van der Waals surface area contributed by atoms with Gasteiger partial charge in [-0.25, -0.2) is 0 Å². The summed E-state index contributed by atoms with van der Waals surface area (Å²) in [6.07, 6.45) is 2.61. The molecule has 15 heavy (non-hydrogen) atoms. The van der Waals surface area contributed by atoms with Crippen molar-refractivity contribution in [3.8, 4) is 0 Å². The molecule has 1 unspecified atom stereocenters. The second kappa shape index (κ2) is 4.33. The van der Waals surface area contributed by atoms with Gasteiger partial charge in [-0.05, 0) is 31.2 Å². The molecule has 2 nitrogen and oxygen atoms in total. The molecule has 1 atom stereocenters. The Morgan fingerprint density at radius 2 is 2.00 bits per heavy atom. The molecular formula is C13H20N2. The molecule has 1 saturated carbocycles. The third kappa shape index (κ3) is 3.05. The molecule has 0 bridgehead atoms. The number of hydrogen-bond donors (Lipinski definition) is 2. The molecule has 2 rings (SSSR count). The number of nitrogens with two attached hydrogens (primary N) is 1. The van der Waals surface area contributed by atoms with Crippen LogP contribution < -0.4 is 11.1 Å². The summed E-state index contributed by atoms with van der Waals surface area (Å²) < 4.78 is 0. The van der Waals surface area contributed by atoms with Gasteiger partial charge in [0.2, 0.25) is 0 Å². The van der Waals surface area contributed by atoms with Crippen molar-refractivity contribution in [2.24, 2.45) is 11.7 Å². The Morgan fingerprint density at radius 1 is 1.33 bits per heavy atom. The highest BCUT2D eigenvalue weighted by Gasteiger charge is 2.37. The Balaban J connectivity index is 1.75.